The summed E-state index contributed by atoms with van der Waals surface area (Å²) < 4.78 is 33.5. The first-order valence-electron chi connectivity index (χ1n) is 9.31. The van der Waals surface area contributed by atoms with E-state index in [-0.39, 0.29) is 22.9 Å². The van der Waals surface area contributed by atoms with E-state index >= 15 is 0 Å². The molecular weight excluding hydrogens is 396 g/mol. The van der Waals surface area contributed by atoms with Crippen molar-refractivity contribution in [3.05, 3.63) is 29.6 Å². The first kappa shape index (κ1) is 19.4. The van der Waals surface area contributed by atoms with E-state index in [9.17, 15) is 13.2 Å². The van der Waals surface area contributed by atoms with Crippen LogP contribution in [0.5, 0.6) is 5.75 Å². The molecule has 150 valence electrons. The van der Waals surface area contributed by atoms with Gasteiger partial charge in [0.25, 0.3) is 0 Å². The highest BCUT2D eigenvalue weighted by Gasteiger charge is 2.65. The molecule has 0 spiro atoms. The molecule has 0 saturated heterocycles. The Labute approximate surface area is 169 Å². The van der Waals surface area contributed by atoms with Crippen molar-refractivity contribution in [3.8, 4) is 17.0 Å². The molecule has 0 unspecified atom stereocenters. The van der Waals surface area contributed by atoms with Crippen molar-refractivity contribution >= 4 is 32.3 Å². The summed E-state index contributed by atoms with van der Waals surface area (Å²) in [5, 5.41) is 2.13. The molecule has 0 radical (unpaired) electrons. The molecule has 1 heterocycles. The van der Waals surface area contributed by atoms with E-state index in [0.717, 1.165) is 17.7 Å². The third kappa shape index (κ3) is 3.03. The molecule has 0 aliphatic heterocycles. The topological polar surface area (TPSA) is 85.4 Å². The number of ketones is 1. The highest BCUT2D eigenvalue weighted by atomic mass is 32.2. The number of anilines is 1. The average Bonchev–Trinajstić information content (AvgIpc) is 3.24. The van der Waals surface area contributed by atoms with Crippen LogP contribution in [0.25, 0.3) is 11.3 Å². The molecule has 1 N–H and O–H groups in total. The van der Waals surface area contributed by atoms with Gasteiger partial charge < -0.3 is 4.74 Å². The van der Waals surface area contributed by atoms with Gasteiger partial charge in [-0.1, -0.05) is 13.8 Å². The lowest BCUT2D eigenvalue weighted by Crippen LogP contribution is -2.43. The average molecular weight is 421 g/mol. The number of carbonyl (C=O) groups excluding carboxylic acids is 1. The maximum Gasteiger partial charge on any atom is 0.235 e. The molecule has 8 heteroatoms. The highest BCUT2D eigenvalue weighted by molar-refractivity contribution is 7.92. The van der Waals surface area contributed by atoms with Crippen LogP contribution < -0.4 is 9.46 Å². The molecule has 28 heavy (non-hydrogen) atoms. The predicted octanol–water partition coefficient (Wildman–Crippen LogP) is 3.96. The maximum atomic E-state index is 12.9. The third-order valence-electron chi connectivity index (χ3n) is 6.71. The van der Waals surface area contributed by atoms with Gasteiger partial charge in [-0.15, -0.1) is 11.3 Å². The first-order chi connectivity index (χ1) is 13.2. The number of nitrogens with one attached hydrogen (secondary N) is 1. The zero-order valence-electron chi connectivity index (χ0n) is 16.2. The number of carbonyl (C=O) groups is 1. The van der Waals surface area contributed by atoms with Gasteiger partial charge in [0.2, 0.25) is 10.0 Å². The Kier molecular flexibility index (Phi) is 4.54. The van der Waals surface area contributed by atoms with Gasteiger partial charge in [-0.05, 0) is 48.4 Å². The minimum atomic E-state index is -3.69. The van der Waals surface area contributed by atoms with Gasteiger partial charge in [-0.25, -0.2) is 13.4 Å². The van der Waals surface area contributed by atoms with Crippen molar-refractivity contribution in [3.63, 3.8) is 0 Å². The summed E-state index contributed by atoms with van der Waals surface area (Å²) in [5.41, 5.74) is 0.517. The number of hydrogen-bond acceptors (Lipinski definition) is 6. The molecule has 2 aromatic rings. The van der Waals surface area contributed by atoms with Crippen LogP contribution in [0.4, 0.5) is 5.13 Å². The molecule has 1 aromatic carbocycles. The second-order valence-electron chi connectivity index (χ2n) is 8.29. The van der Waals surface area contributed by atoms with Crippen molar-refractivity contribution in [2.45, 2.75) is 33.1 Å². The summed E-state index contributed by atoms with van der Waals surface area (Å²) in [6.45, 7) is 4.08. The monoisotopic (exact) mass is 420 g/mol. The Hall–Kier alpha value is -1.93. The van der Waals surface area contributed by atoms with E-state index in [1.165, 1.54) is 11.3 Å². The number of nitrogens with zero attached hydrogens (tertiary/aromatic N) is 1. The Bertz CT molecular complexity index is 1010. The second-order valence-corrected chi connectivity index (χ2v) is 10.9. The molecule has 2 aliphatic carbocycles. The van der Waals surface area contributed by atoms with E-state index in [4.69, 9.17) is 4.74 Å². The van der Waals surface area contributed by atoms with Gasteiger partial charge in [0.15, 0.2) is 5.13 Å². The first-order valence-corrected chi connectivity index (χ1v) is 11.8. The van der Waals surface area contributed by atoms with E-state index in [1.807, 2.05) is 43.5 Å². The molecule has 2 fully saturated rings. The van der Waals surface area contributed by atoms with Gasteiger partial charge in [0.05, 0.1) is 24.0 Å². The fourth-order valence-corrected chi connectivity index (χ4v) is 7.66. The molecule has 4 rings (SSSR count). The molecule has 6 nitrogen and oxygen atoms in total. The Morgan fingerprint density at radius 3 is 2.57 bits per heavy atom. The summed E-state index contributed by atoms with van der Waals surface area (Å²) in [6, 6.07) is 7.43. The van der Waals surface area contributed by atoms with Crippen molar-refractivity contribution in [1.29, 1.82) is 0 Å². The van der Waals surface area contributed by atoms with Crippen molar-refractivity contribution in [1.82, 2.24) is 4.98 Å². The number of thiazole rings is 1. The van der Waals surface area contributed by atoms with Crippen LogP contribution in [0.1, 0.15) is 33.1 Å². The molecule has 1 aromatic heterocycles. The minimum Gasteiger partial charge on any atom is -0.497 e. The molecule has 2 bridgehead atoms. The Morgan fingerprint density at radius 1 is 1.29 bits per heavy atom. The largest absolute Gasteiger partial charge is 0.497 e. The quantitative estimate of drug-likeness (QED) is 0.765. The fraction of sp³-hybridized carbons (Fsp3) is 0.500. The van der Waals surface area contributed by atoms with E-state index in [0.29, 0.717) is 23.7 Å². The van der Waals surface area contributed by atoms with Gasteiger partial charge in [-0.2, -0.15) is 0 Å². The second kappa shape index (κ2) is 6.56. The van der Waals surface area contributed by atoms with Crippen LogP contribution in [0, 0.1) is 16.7 Å². The number of Topliss-reactive ketones (excluding diaryl/α,β-unsaturated/α-hetero) is 1. The van der Waals surface area contributed by atoms with Gasteiger partial charge in [-0.3, -0.25) is 9.52 Å². The number of rotatable bonds is 6. The normalized spacial score (nSPS) is 25.8. The fourth-order valence-electron chi connectivity index (χ4n) is 4.82. The summed E-state index contributed by atoms with van der Waals surface area (Å²) in [6.07, 6.45) is 2.08. The lowest BCUT2D eigenvalue weighted by Gasteiger charge is -2.36. The lowest BCUT2D eigenvalue weighted by molar-refractivity contribution is -0.128. The smallest absolute Gasteiger partial charge is 0.235 e. The minimum absolute atomic E-state index is 0.0946. The standard InChI is InChI=1S/C20H24N2O4S2/c1-19(2)14-8-9-20(19,17(23)10-14)12-28(24,25)22-18-21-16(11-27-18)13-4-6-15(26-3)7-5-13/h4-7,11,14H,8-10,12H2,1-3H3,(H,21,22)/t14-,20+/m0/s1. The van der Waals surface area contributed by atoms with E-state index < -0.39 is 15.4 Å². The molecule has 0 amide bonds. The molecular formula is C20H24N2O4S2. The summed E-state index contributed by atoms with van der Waals surface area (Å²) in [7, 11) is -2.08. The number of ether oxygens (including phenoxy) is 1. The molecule has 2 atom stereocenters. The van der Waals surface area contributed by atoms with Crippen LogP contribution in [0.15, 0.2) is 29.6 Å². The van der Waals surface area contributed by atoms with E-state index in [2.05, 4.69) is 9.71 Å². The predicted molar refractivity (Wildman–Crippen MR) is 110 cm³/mol. The van der Waals surface area contributed by atoms with Crippen LogP contribution in [0.2, 0.25) is 0 Å². The number of sulfonamides is 1. The molecule has 2 aliphatic rings. The summed E-state index contributed by atoms with van der Waals surface area (Å²) >= 11 is 1.24. The van der Waals surface area contributed by atoms with Crippen LogP contribution in [0.3, 0.4) is 0 Å². The Morgan fingerprint density at radius 2 is 2.00 bits per heavy atom. The lowest BCUT2D eigenvalue weighted by atomic mass is 9.70. The van der Waals surface area contributed by atoms with Crippen molar-refractivity contribution < 1.29 is 17.9 Å². The summed E-state index contributed by atoms with van der Waals surface area (Å²) in [5.74, 6) is 0.964. The van der Waals surface area contributed by atoms with Crippen molar-refractivity contribution in [2.75, 3.05) is 17.6 Å². The number of aromatic nitrogens is 1. The number of methoxy groups -OCH3 is 1. The Balaban J connectivity index is 1.53. The van der Waals surface area contributed by atoms with Crippen LogP contribution >= 0.6 is 11.3 Å². The number of fused-ring (bicyclic) bond motifs is 2. The van der Waals surface area contributed by atoms with Crippen LogP contribution in [-0.2, 0) is 14.8 Å². The van der Waals surface area contributed by atoms with Gasteiger partial charge >= 0.3 is 0 Å². The summed E-state index contributed by atoms with van der Waals surface area (Å²) in [4.78, 5) is 17.0. The SMILES string of the molecule is COc1ccc(-c2csc(NS(=O)(=O)C[C@]34CC[C@@H](CC3=O)C4(C)C)n2)cc1. The number of hydrogen-bond donors (Lipinski definition) is 1. The molecule has 2 saturated carbocycles. The van der Waals surface area contributed by atoms with Gasteiger partial charge in [0, 0.05) is 17.4 Å². The van der Waals surface area contributed by atoms with Gasteiger partial charge in [0.1, 0.15) is 11.5 Å². The third-order valence-corrected chi connectivity index (χ3v) is 8.97. The zero-order chi connectivity index (χ0) is 20.2. The highest BCUT2D eigenvalue weighted by Crippen LogP contribution is 2.64. The van der Waals surface area contributed by atoms with Crippen molar-refractivity contribution in [2.24, 2.45) is 16.7 Å². The van der Waals surface area contributed by atoms with E-state index in [1.54, 1.807) is 7.11 Å². The van der Waals surface area contributed by atoms with Crippen LogP contribution in [-0.4, -0.2) is 32.0 Å². The number of benzene rings is 1. The zero-order valence-corrected chi connectivity index (χ0v) is 17.8. The maximum absolute atomic E-state index is 12.9.